The molecule has 0 N–H and O–H groups in total. The summed E-state index contributed by atoms with van der Waals surface area (Å²) in [7, 11) is 3.14. The van der Waals surface area contributed by atoms with Gasteiger partial charge >= 0.3 is 5.97 Å². The Hall–Kier alpha value is -7.63. The van der Waals surface area contributed by atoms with Gasteiger partial charge in [-0.3, -0.25) is 0 Å². The third kappa shape index (κ3) is 9.80. The molecule has 2 aliphatic carbocycles. The zero-order valence-electron chi connectivity index (χ0n) is 36.8. The van der Waals surface area contributed by atoms with Gasteiger partial charge in [0.15, 0.2) is 11.5 Å². The fourth-order valence-corrected chi connectivity index (χ4v) is 8.79. The van der Waals surface area contributed by atoms with Gasteiger partial charge in [0.1, 0.15) is 36.4 Å². The fraction of sp³-hybridized carbons (Fsp3) is 0.218. The Kier molecular flexibility index (Phi) is 13.4. The third-order valence-electron chi connectivity index (χ3n) is 12.0. The van der Waals surface area contributed by atoms with E-state index in [0.29, 0.717) is 51.9 Å². The van der Waals surface area contributed by atoms with Crippen molar-refractivity contribution in [2.24, 2.45) is 0 Å². The van der Waals surface area contributed by atoms with E-state index in [0.717, 1.165) is 70.2 Å². The van der Waals surface area contributed by atoms with E-state index < -0.39 is 11.4 Å². The van der Waals surface area contributed by atoms with Gasteiger partial charge in [0.2, 0.25) is 5.75 Å². The van der Waals surface area contributed by atoms with Gasteiger partial charge in [-0.15, -0.1) is 0 Å². The largest absolute Gasteiger partial charge is 0.496 e. The number of rotatable bonds is 16. The van der Waals surface area contributed by atoms with Crippen LogP contribution in [0.5, 0.6) is 28.7 Å². The molecule has 326 valence electrons. The average Bonchev–Trinajstić information content (AvgIpc) is 3.91. The number of nitriles is 2. The first-order chi connectivity index (χ1) is 31.7. The zero-order valence-corrected chi connectivity index (χ0v) is 36.8. The summed E-state index contributed by atoms with van der Waals surface area (Å²) in [5.74, 6) is 1.67. The monoisotopic (exact) mass is 864 g/mol. The van der Waals surface area contributed by atoms with Gasteiger partial charge in [0, 0.05) is 23.0 Å². The highest BCUT2D eigenvalue weighted by Gasteiger charge is 2.49. The van der Waals surface area contributed by atoms with E-state index >= 15 is 0 Å². The molecule has 0 radical (unpaired) electrons. The van der Waals surface area contributed by atoms with E-state index in [1.807, 2.05) is 67.6 Å². The fourth-order valence-electron chi connectivity index (χ4n) is 8.79. The van der Waals surface area contributed by atoms with Crippen molar-refractivity contribution in [2.75, 3.05) is 20.8 Å². The number of carbonyl (C=O) groups is 1. The lowest BCUT2D eigenvalue weighted by Crippen LogP contribution is -2.24. The molecular formula is C55H48N2O8. The number of carbonyl (C=O) groups excluding carboxylic acids is 1. The molecule has 0 bridgehead atoms. The van der Waals surface area contributed by atoms with Crippen LogP contribution >= 0.6 is 0 Å². The van der Waals surface area contributed by atoms with Crippen LogP contribution in [0.1, 0.15) is 74.0 Å². The summed E-state index contributed by atoms with van der Waals surface area (Å²) in [5.41, 5.74) is 10.5. The van der Waals surface area contributed by atoms with Crippen molar-refractivity contribution < 1.29 is 38.6 Å². The van der Waals surface area contributed by atoms with Crippen molar-refractivity contribution in [2.45, 2.75) is 58.0 Å². The van der Waals surface area contributed by atoms with Crippen LogP contribution in [0.3, 0.4) is 0 Å². The number of esters is 1. The number of methoxy groups -OCH3 is 2. The SMILES string of the molecule is COc1cc(C=C(C#N)C(=O)Oc2cccc3c2C2(CCc4cccc(OOC/C(C#N)=C/c5ccc(OOCc6ccc(C)cc6)c(OC)c5)c42)CC3)ccc1Cc1ccc(C)cc1. The number of ether oxygens (including phenoxy) is 3. The normalized spacial score (nSPS) is 15.1. The maximum Gasteiger partial charge on any atom is 0.354 e. The van der Waals surface area contributed by atoms with Crippen molar-refractivity contribution in [3.05, 3.63) is 194 Å². The molecule has 10 nitrogen and oxygen atoms in total. The lowest BCUT2D eigenvalue weighted by Gasteiger charge is -2.29. The van der Waals surface area contributed by atoms with Gasteiger partial charge in [-0.05, 0) is 121 Å². The second-order valence-corrected chi connectivity index (χ2v) is 16.3. The molecule has 1 unspecified atom stereocenters. The molecule has 1 spiro atoms. The molecule has 0 saturated heterocycles. The van der Waals surface area contributed by atoms with Gasteiger partial charge in [-0.2, -0.15) is 20.3 Å². The number of benzene rings is 6. The molecule has 0 heterocycles. The number of aryl methyl sites for hydroxylation is 4. The van der Waals surface area contributed by atoms with Crippen molar-refractivity contribution in [1.29, 1.82) is 10.5 Å². The summed E-state index contributed by atoms with van der Waals surface area (Å²) in [6.07, 6.45) is 6.97. The first-order valence-electron chi connectivity index (χ1n) is 21.4. The summed E-state index contributed by atoms with van der Waals surface area (Å²) in [6, 6.07) is 43.1. The molecule has 1 atom stereocenters. The summed E-state index contributed by atoms with van der Waals surface area (Å²) in [4.78, 5) is 36.7. The van der Waals surface area contributed by atoms with E-state index in [1.165, 1.54) is 18.7 Å². The second kappa shape index (κ2) is 19.8. The lowest BCUT2D eigenvalue weighted by atomic mass is 9.76. The number of hydrogen-bond donors (Lipinski definition) is 0. The van der Waals surface area contributed by atoms with Crippen LogP contribution in [0.25, 0.3) is 12.2 Å². The van der Waals surface area contributed by atoms with Crippen LogP contribution in [0.2, 0.25) is 0 Å². The molecule has 0 saturated carbocycles. The zero-order chi connectivity index (χ0) is 45.3. The Bertz CT molecular complexity index is 2860. The Labute approximate surface area is 379 Å². The molecule has 0 amide bonds. The Morgan fingerprint density at radius 2 is 1.23 bits per heavy atom. The van der Waals surface area contributed by atoms with Crippen LogP contribution in [-0.4, -0.2) is 26.8 Å². The Morgan fingerprint density at radius 3 is 1.89 bits per heavy atom. The predicted molar refractivity (Wildman–Crippen MR) is 246 cm³/mol. The van der Waals surface area contributed by atoms with Gasteiger partial charge < -0.3 is 24.0 Å². The second-order valence-electron chi connectivity index (χ2n) is 16.3. The summed E-state index contributed by atoms with van der Waals surface area (Å²) in [5, 5.41) is 20.3. The predicted octanol–water partition coefficient (Wildman–Crippen LogP) is 11.0. The standard InChI is InChI=1S/C55H48N2O8/c1-36-11-15-38(16-12-36)28-45-21-19-41(30-50(45)59-3)29-46(33-57)54(58)63-48-9-5-7-43-23-25-55(52(43)48)26-24-44-8-6-10-49(53(44)55)65-62-35-42(32-56)27-40-20-22-47(51(31-40)60-4)64-61-34-39-17-13-37(2)14-18-39/h5-22,27,29-31H,23-26,28,34-35H2,1-4H3/b42-27+,46-29?. The smallest absolute Gasteiger partial charge is 0.354 e. The van der Waals surface area contributed by atoms with E-state index in [4.69, 9.17) is 33.8 Å². The summed E-state index contributed by atoms with van der Waals surface area (Å²) >= 11 is 0. The van der Waals surface area contributed by atoms with Crippen molar-refractivity contribution in [3.8, 4) is 40.9 Å². The molecule has 0 aliphatic heterocycles. The summed E-state index contributed by atoms with van der Waals surface area (Å²) in [6.45, 7) is 4.21. The average molecular weight is 865 g/mol. The molecule has 2 aliphatic rings. The third-order valence-corrected chi connectivity index (χ3v) is 12.0. The van der Waals surface area contributed by atoms with Crippen molar-refractivity contribution in [3.63, 3.8) is 0 Å². The highest BCUT2D eigenvalue weighted by molar-refractivity contribution is 5.99. The van der Waals surface area contributed by atoms with Gasteiger partial charge in [0.25, 0.3) is 0 Å². The molecule has 8 rings (SSSR count). The van der Waals surface area contributed by atoms with E-state index in [2.05, 4.69) is 55.5 Å². The first-order valence-corrected chi connectivity index (χ1v) is 21.4. The topological polar surface area (TPSA) is 129 Å². The van der Waals surface area contributed by atoms with Crippen LogP contribution in [-0.2, 0) is 45.9 Å². The maximum atomic E-state index is 13.8. The maximum absolute atomic E-state index is 13.8. The molecule has 0 aromatic heterocycles. The quantitative estimate of drug-likeness (QED) is 0.0231. The van der Waals surface area contributed by atoms with Crippen LogP contribution in [0.4, 0.5) is 0 Å². The van der Waals surface area contributed by atoms with Gasteiger partial charge in [-0.25, -0.2) is 4.79 Å². The van der Waals surface area contributed by atoms with Crippen LogP contribution in [0, 0.1) is 36.5 Å². The van der Waals surface area contributed by atoms with Crippen molar-refractivity contribution in [1.82, 2.24) is 0 Å². The van der Waals surface area contributed by atoms with Crippen LogP contribution < -0.4 is 24.0 Å². The van der Waals surface area contributed by atoms with E-state index in [9.17, 15) is 15.3 Å². The van der Waals surface area contributed by atoms with Crippen LogP contribution in [0.15, 0.2) is 132 Å². The minimum atomic E-state index is -0.751. The van der Waals surface area contributed by atoms with Gasteiger partial charge in [0.05, 0.1) is 25.9 Å². The minimum Gasteiger partial charge on any atom is -0.496 e. The first kappa shape index (κ1) is 44.0. The summed E-state index contributed by atoms with van der Waals surface area (Å²) < 4.78 is 17.4. The van der Waals surface area contributed by atoms with E-state index in [1.54, 1.807) is 37.5 Å². The van der Waals surface area contributed by atoms with Crippen molar-refractivity contribution >= 4 is 18.1 Å². The lowest BCUT2D eigenvalue weighted by molar-refractivity contribution is -0.218. The Morgan fingerprint density at radius 1 is 0.631 bits per heavy atom. The molecule has 10 heteroatoms. The highest BCUT2D eigenvalue weighted by Crippen LogP contribution is 2.57. The number of fused-ring (bicyclic) bond motifs is 4. The number of hydrogen-bond acceptors (Lipinski definition) is 10. The van der Waals surface area contributed by atoms with Gasteiger partial charge in [-0.1, -0.05) is 102 Å². The number of nitrogens with zero attached hydrogens (tertiary/aromatic N) is 2. The molecule has 0 fully saturated rings. The molecule has 6 aromatic carbocycles. The molecular weight excluding hydrogens is 817 g/mol. The molecule has 6 aromatic rings. The van der Waals surface area contributed by atoms with E-state index in [-0.39, 0.29) is 18.8 Å². The Balaban J connectivity index is 0.964. The minimum absolute atomic E-state index is 0.128. The molecule has 65 heavy (non-hydrogen) atoms. The highest BCUT2D eigenvalue weighted by atomic mass is 17.2.